The fourth-order valence-corrected chi connectivity index (χ4v) is 1.56. The first-order chi connectivity index (χ1) is 6.33. The van der Waals surface area contributed by atoms with Crippen LogP contribution in [0.15, 0.2) is 16.9 Å². The lowest BCUT2D eigenvalue weighted by molar-refractivity contribution is 0.537. The number of hydrogen-bond acceptors (Lipinski definition) is 2. The van der Waals surface area contributed by atoms with E-state index in [1.807, 2.05) is 17.1 Å². The molecule has 0 bridgehead atoms. The topological polar surface area (TPSA) is 43.8 Å². The van der Waals surface area contributed by atoms with E-state index in [9.17, 15) is 0 Å². The molecular formula is C9H16BrN3. The predicted octanol–water partition coefficient (Wildman–Crippen LogP) is 2.16. The van der Waals surface area contributed by atoms with E-state index in [0.29, 0.717) is 0 Å². The van der Waals surface area contributed by atoms with Gasteiger partial charge in [0, 0.05) is 12.7 Å². The second kappa shape index (κ2) is 6.16. The first-order valence-electron chi connectivity index (χ1n) is 4.71. The molecule has 13 heavy (non-hydrogen) atoms. The average molecular weight is 246 g/mol. The summed E-state index contributed by atoms with van der Waals surface area (Å²) in [7, 11) is 0. The van der Waals surface area contributed by atoms with Gasteiger partial charge in [0.05, 0.1) is 10.7 Å². The lowest BCUT2D eigenvalue weighted by Gasteiger charge is -2.00. The van der Waals surface area contributed by atoms with Crippen LogP contribution in [0.4, 0.5) is 0 Å². The smallest absolute Gasteiger partial charge is 0.0632 e. The van der Waals surface area contributed by atoms with Gasteiger partial charge in [-0.2, -0.15) is 5.10 Å². The Morgan fingerprint density at radius 2 is 2.08 bits per heavy atom. The van der Waals surface area contributed by atoms with Gasteiger partial charge in [0.2, 0.25) is 0 Å². The Hall–Kier alpha value is -0.350. The second-order valence-corrected chi connectivity index (χ2v) is 4.04. The minimum atomic E-state index is 0.813. The molecule has 2 N–H and O–H groups in total. The average Bonchev–Trinajstić information content (AvgIpc) is 2.51. The molecule has 1 heterocycles. The van der Waals surface area contributed by atoms with Crippen molar-refractivity contribution in [2.45, 2.75) is 32.2 Å². The van der Waals surface area contributed by atoms with E-state index in [1.165, 1.54) is 19.3 Å². The number of rotatable bonds is 6. The summed E-state index contributed by atoms with van der Waals surface area (Å²) in [4.78, 5) is 0. The molecule has 1 aromatic rings. The van der Waals surface area contributed by atoms with E-state index in [2.05, 4.69) is 21.0 Å². The van der Waals surface area contributed by atoms with Crippen molar-refractivity contribution >= 4 is 15.9 Å². The fourth-order valence-electron chi connectivity index (χ4n) is 1.23. The van der Waals surface area contributed by atoms with Crippen LogP contribution in [0.25, 0.3) is 0 Å². The van der Waals surface area contributed by atoms with Crippen molar-refractivity contribution in [1.82, 2.24) is 9.78 Å². The fraction of sp³-hybridized carbons (Fsp3) is 0.667. The van der Waals surface area contributed by atoms with Crippen LogP contribution < -0.4 is 5.73 Å². The highest BCUT2D eigenvalue weighted by atomic mass is 79.9. The Bertz CT molecular complexity index is 235. The monoisotopic (exact) mass is 245 g/mol. The molecule has 0 aliphatic heterocycles. The Balaban J connectivity index is 2.06. The van der Waals surface area contributed by atoms with E-state index >= 15 is 0 Å². The van der Waals surface area contributed by atoms with Crippen LogP contribution in [0.1, 0.15) is 25.7 Å². The minimum absolute atomic E-state index is 0.813. The van der Waals surface area contributed by atoms with Gasteiger partial charge in [-0.05, 0) is 35.3 Å². The van der Waals surface area contributed by atoms with Crippen molar-refractivity contribution in [3.8, 4) is 0 Å². The molecule has 0 aromatic carbocycles. The normalized spacial score (nSPS) is 10.6. The molecule has 1 aromatic heterocycles. The van der Waals surface area contributed by atoms with Crippen LogP contribution in [0.3, 0.4) is 0 Å². The Labute approximate surface area is 87.4 Å². The summed E-state index contributed by atoms with van der Waals surface area (Å²) in [5.41, 5.74) is 5.40. The first kappa shape index (κ1) is 10.7. The van der Waals surface area contributed by atoms with Crippen molar-refractivity contribution in [2.24, 2.45) is 5.73 Å². The maximum atomic E-state index is 5.40. The van der Waals surface area contributed by atoms with Gasteiger partial charge in [-0.25, -0.2) is 0 Å². The summed E-state index contributed by atoms with van der Waals surface area (Å²) in [6.45, 7) is 1.82. The molecule has 0 aliphatic carbocycles. The highest BCUT2D eigenvalue weighted by Gasteiger charge is 1.94. The zero-order valence-electron chi connectivity index (χ0n) is 7.75. The van der Waals surface area contributed by atoms with Gasteiger partial charge in [-0.1, -0.05) is 12.8 Å². The summed E-state index contributed by atoms with van der Waals surface area (Å²) in [6.07, 6.45) is 8.63. The number of nitrogens with two attached hydrogens (primary N) is 1. The largest absolute Gasteiger partial charge is 0.330 e. The molecule has 0 radical (unpaired) electrons. The standard InChI is InChI=1S/C9H16BrN3/c10-9-7-12-13(8-9)6-4-2-1-3-5-11/h7-8H,1-6,11H2. The van der Waals surface area contributed by atoms with E-state index in [0.717, 1.165) is 24.0 Å². The van der Waals surface area contributed by atoms with Gasteiger partial charge in [0.25, 0.3) is 0 Å². The summed E-state index contributed by atoms with van der Waals surface area (Å²) in [5, 5.41) is 4.18. The third-order valence-electron chi connectivity index (χ3n) is 1.94. The highest BCUT2D eigenvalue weighted by Crippen LogP contribution is 2.07. The second-order valence-electron chi connectivity index (χ2n) is 3.12. The molecule has 0 saturated carbocycles. The Kier molecular flexibility index (Phi) is 5.08. The first-order valence-corrected chi connectivity index (χ1v) is 5.50. The quantitative estimate of drug-likeness (QED) is 0.781. The number of aryl methyl sites for hydroxylation is 1. The van der Waals surface area contributed by atoms with Gasteiger partial charge in [0.1, 0.15) is 0 Å². The third-order valence-corrected chi connectivity index (χ3v) is 2.35. The van der Waals surface area contributed by atoms with Crippen molar-refractivity contribution in [3.05, 3.63) is 16.9 Å². The summed E-state index contributed by atoms with van der Waals surface area (Å²) in [6, 6.07) is 0. The Morgan fingerprint density at radius 1 is 1.31 bits per heavy atom. The van der Waals surface area contributed by atoms with Gasteiger partial charge in [-0.3, -0.25) is 4.68 Å². The summed E-state index contributed by atoms with van der Waals surface area (Å²) < 4.78 is 3.02. The number of nitrogens with zero attached hydrogens (tertiary/aromatic N) is 2. The van der Waals surface area contributed by atoms with E-state index in [-0.39, 0.29) is 0 Å². The predicted molar refractivity (Wildman–Crippen MR) is 57.4 cm³/mol. The van der Waals surface area contributed by atoms with E-state index in [4.69, 9.17) is 5.73 Å². The van der Waals surface area contributed by atoms with Gasteiger partial charge in [-0.15, -0.1) is 0 Å². The molecule has 0 saturated heterocycles. The SMILES string of the molecule is NCCCCCCn1cc(Br)cn1. The highest BCUT2D eigenvalue weighted by molar-refractivity contribution is 9.10. The van der Waals surface area contributed by atoms with Gasteiger partial charge in [0.15, 0.2) is 0 Å². The minimum Gasteiger partial charge on any atom is -0.330 e. The molecule has 4 heteroatoms. The van der Waals surface area contributed by atoms with Crippen LogP contribution in [-0.2, 0) is 6.54 Å². The van der Waals surface area contributed by atoms with Crippen molar-refractivity contribution in [1.29, 1.82) is 0 Å². The van der Waals surface area contributed by atoms with Gasteiger partial charge < -0.3 is 5.73 Å². The number of unbranched alkanes of at least 4 members (excludes halogenated alkanes) is 3. The van der Waals surface area contributed by atoms with Crippen molar-refractivity contribution in [2.75, 3.05) is 6.54 Å². The number of aromatic nitrogens is 2. The molecule has 0 fully saturated rings. The van der Waals surface area contributed by atoms with E-state index in [1.54, 1.807) is 0 Å². The molecule has 1 rings (SSSR count). The molecule has 0 amide bonds. The number of hydrogen-bond donors (Lipinski definition) is 1. The van der Waals surface area contributed by atoms with Crippen LogP contribution in [-0.4, -0.2) is 16.3 Å². The van der Waals surface area contributed by atoms with Crippen LogP contribution in [0, 0.1) is 0 Å². The molecule has 0 atom stereocenters. The van der Waals surface area contributed by atoms with Crippen LogP contribution in [0.2, 0.25) is 0 Å². The maximum absolute atomic E-state index is 5.40. The zero-order valence-corrected chi connectivity index (χ0v) is 9.33. The van der Waals surface area contributed by atoms with Crippen molar-refractivity contribution in [3.63, 3.8) is 0 Å². The van der Waals surface area contributed by atoms with Crippen molar-refractivity contribution < 1.29 is 0 Å². The summed E-state index contributed by atoms with van der Waals surface area (Å²) in [5.74, 6) is 0. The lowest BCUT2D eigenvalue weighted by atomic mass is 10.2. The molecule has 3 nitrogen and oxygen atoms in total. The summed E-state index contributed by atoms with van der Waals surface area (Å²) >= 11 is 3.37. The van der Waals surface area contributed by atoms with E-state index < -0.39 is 0 Å². The van der Waals surface area contributed by atoms with Gasteiger partial charge >= 0.3 is 0 Å². The maximum Gasteiger partial charge on any atom is 0.0632 e. The molecule has 0 aliphatic rings. The zero-order chi connectivity index (χ0) is 9.52. The van der Waals surface area contributed by atoms with Crippen LogP contribution >= 0.6 is 15.9 Å². The third kappa shape index (κ3) is 4.43. The molecular weight excluding hydrogens is 230 g/mol. The number of halogens is 1. The lowest BCUT2D eigenvalue weighted by Crippen LogP contribution is -2.00. The Morgan fingerprint density at radius 3 is 2.69 bits per heavy atom. The molecule has 74 valence electrons. The van der Waals surface area contributed by atoms with Crippen LogP contribution in [0.5, 0.6) is 0 Å². The molecule has 0 unspecified atom stereocenters. The molecule has 0 spiro atoms.